The molecular weight excluding hydrogens is 757 g/mol. The van der Waals surface area contributed by atoms with Crippen LogP contribution in [0.25, 0.3) is 0 Å². The molecule has 3 aliphatic rings. The van der Waals surface area contributed by atoms with E-state index in [1.54, 1.807) is 0 Å². The number of carbonyl (C=O) groups is 2. The lowest BCUT2D eigenvalue weighted by molar-refractivity contribution is -0.289. The molecule has 1 saturated heterocycles. The van der Waals surface area contributed by atoms with Gasteiger partial charge in [0.25, 0.3) is 0 Å². The Balaban J connectivity index is 1.24. The highest BCUT2D eigenvalue weighted by atomic mass is 16.7. The van der Waals surface area contributed by atoms with Crippen molar-refractivity contribution in [3.8, 4) is 0 Å². The van der Waals surface area contributed by atoms with Crippen molar-refractivity contribution in [3.05, 3.63) is 179 Å². The Kier molecular flexibility index (Phi) is 12.6. The van der Waals surface area contributed by atoms with Crippen LogP contribution in [0.5, 0.6) is 0 Å². The van der Waals surface area contributed by atoms with E-state index in [9.17, 15) is 4.79 Å². The summed E-state index contributed by atoms with van der Waals surface area (Å²) >= 11 is 0. The van der Waals surface area contributed by atoms with Crippen molar-refractivity contribution in [2.24, 2.45) is 10.8 Å². The van der Waals surface area contributed by atoms with E-state index in [-0.39, 0.29) is 33.0 Å². The Hall–Kier alpha value is -5.16. The lowest BCUT2D eigenvalue weighted by Crippen LogP contribution is -2.68. The van der Waals surface area contributed by atoms with Crippen molar-refractivity contribution in [2.45, 2.75) is 109 Å². The number of hydrogen-bond donors (Lipinski definition) is 0. The average Bonchev–Trinajstić information content (AvgIpc) is 3.58. The second-order valence-corrected chi connectivity index (χ2v) is 16.8. The van der Waals surface area contributed by atoms with Crippen LogP contribution in [-0.2, 0) is 75.8 Å². The van der Waals surface area contributed by atoms with Crippen LogP contribution in [0.1, 0.15) is 61.4 Å². The molecule has 0 amide bonds. The Labute approximate surface area is 352 Å². The van der Waals surface area contributed by atoms with Crippen LogP contribution < -0.4 is 0 Å². The van der Waals surface area contributed by atoms with Gasteiger partial charge in [0.1, 0.15) is 30.5 Å². The summed E-state index contributed by atoms with van der Waals surface area (Å²) in [5.74, 6) is -1.03. The van der Waals surface area contributed by atoms with Crippen molar-refractivity contribution in [1.29, 1.82) is 0 Å². The maximum absolute atomic E-state index is 15.1. The highest BCUT2D eigenvalue weighted by molar-refractivity contribution is 5.93. The summed E-state index contributed by atoms with van der Waals surface area (Å²) in [4.78, 5) is 28.5. The van der Waals surface area contributed by atoms with Crippen LogP contribution in [0.4, 0.5) is 0 Å². The number of benzene rings is 5. The molecular formula is C51H54O9. The van der Waals surface area contributed by atoms with Crippen molar-refractivity contribution >= 4 is 11.9 Å². The zero-order valence-corrected chi connectivity index (χ0v) is 34.5. The van der Waals surface area contributed by atoms with E-state index in [0.29, 0.717) is 12.8 Å². The Morgan fingerprint density at radius 3 is 1.00 bits per heavy atom. The fourth-order valence-corrected chi connectivity index (χ4v) is 8.96. The molecule has 312 valence electrons. The Morgan fingerprint density at radius 2 is 0.750 bits per heavy atom. The fourth-order valence-electron chi connectivity index (χ4n) is 8.96. The molecule has 0 N–H and O–H groups in total. The molecule has 0 spiro atoms. The van der Waals surface area contributed by atoms with Crippen LogP contribution >= 0.6 is 0 Å². The lowest BCUT2D eigenvalue weighted by atomic mass is 9.66. The minimum atomic E-state index is -1.51. The van der Waals surface area contributed by atoms with Gasteiger partial charge in [-0.2, -0.15) is 0 Å². The second kappa shape index (κ2) is 18.2. The topological polar surface area (TPSA) is 98.8 Å². The average molecular weight is 811 g/mol. The third-order valence-corrected chi connectivity index (χ3v) is 13.0. The molecule has 2 bridgehead atoms. The number of esters is 2. The zero-order valence-electron chi connectivity index (χ0n) is 34.5. The van der Waals surface area contributed by atoms with Gasteiger partial charge in [0, 0.05) is 5.41 Å². The quantitative estimate of drug-likeness (QED) is 0.0853. The first kappa shape index (κ1) is 41.6. The van der Waals surface area contributed by atoms with Crippen molar-refractivity contribution in [2.75, 3.05) is 0 Å². The second-order valence-electron chi connectivity index (χ2n) is 16.8. The number of hydrogen-bond acceptors (Lipinski definition) is 9. The monoisotopic (exact) mass is 810 g/mol. The smallest absolute Gasteiger partial charge is 0.351 e. The Bertz CT molecular complexity index is 2050. The summed E-state index contributed by atoms with van der Waals surface area (Å²) in [5, 5.41) is 0. The maximum atomic E-state index is 15.1. The first-order valence-electron chi connectivity index (χ1n) is 20.9. The van der Waals surface area contributed by atoms with Crippen molar-refractivity contribution < 1.29 is 42.7 Å². The first-order chi connectivity index (χ1) is 29.2. The molecule has 2 unspecified atom stereocenters. The van der Waals surface area contributed by atoms with E-state index in [2.05, 4.69) is 0 Å². The molecule has 8 rings (SSSR count). The summed E-state index contributed by atoms with van der Waals surface area (Å²) in [6.07, 6.45) is -4.56. The molecule has 9 heteroatoms. The third-order valence-electron chi connectivity index (χ3n) is 13.0. The fraction of sp³-hybridized carbons (Fsp3) is 0.373. The third kappa shape index (κ3) is 8.42. The predicted octanol–water partition coefficient (Wildman–Crippen LogP) is 8.96. The minimum absolute atomic E-state index is 0.181. The van der Waals surface area contributed by atoms with Gasteiger partial charge in [-0.3, -0.25) is 4.79 Å². The van der Waals surface area contributed by atoms with E-state index in [1.165, 1.54) is 0 Å². The zero-order chi connectivity index (χ0) is 41.6. The van der Waals surface area contributed by atoms with Gasteiger partial charge in [-0.25, -0.2) is 4.79 Å². The molecule has 5 aromatic carbocycles. The molecule has 5 aromatic rings. The molecule has 8 atom stereocenters. The number of rotatable bonds is 17. The van der Waals surface area contributed by atoms with Crippen LogP contribution in [-0.4, -0.2) is 54.2 Å². The summed E-state index contributed by atoms with van der Waals surface area (Å²) < 4.78 is 47.8. The number of fused-ring (bicyclic) bond motifs is 2. The summed E-state index contributed by atoms with van der Waals surface area (Å²) in [6.45, 7) is 6.77. The van der Waals surface area contributed by atoms with E-state index >= 15 is 4.79 Å². The molecule has 1 heterocycles. The van der Waals surface area contributed by atoms with Gasteiger partial charge >= 0.3 is 11.9 Å². The Morgan fingerprint density at radius 1 is 0.467 bits per heavy atom. The van der Waals surface area contributed by atoms with Crippen LogP contribution in [0.2, 0.25) is 0 Å². The number of carbonyl (C=O) groups excluding carboxylic acids is 2. The van der Waals surface area contributed by atoms with E-state index in [0.717, 1.165) is 27.8 Å². The molecule has 0 radical (unpaired) electrons. The standard InChI is InChI=1S/C51H54O9/c1-49(2)50(3)29-30-51(49,60-47(50)52)48(53)59-46-44(57-34-39-25-15-7-16-26-39)42(55-32-37-21-11-5-12-22-37)41(54-31-36-19-9-4-10-20-36)43(56-33-38-23-13-6-14-24-38)45(46)58-35-40-27-17-8-18-28-40/h4-28,41-46H,29-35H2,1-3H3/t41?,42-,43+,44-,45-,46?,50+,51-/m1/s1. The van der Waals surface area contributed by atoms with Gasteiger partial charge < -0.3 is 33.2 Å². The first-order valence-corrected chi connectivity index (χ1v) is 20.9. The van der Waals surface area contributed by atoms with E-state index in [1.807, 2.05) is 172 Å². The summed E-state index contributed by atoms with van der Waals surface area (Å²) in [7, 11) is 0. The largest absolute Gasteiger partial charge is 0.454 e. The van der Waals surface area contributed by atoms with Gasteiger partial charge in [-0.05, 0) is 47.6 Å². The van der Waals surface area contributed by atoms with Gasteiger partial charge in [0.05, 0.1) is 38.4 Å². The van der Waals surface area contributed by atoms with Gasteiger partial charge in [0.15, 0.2) is 6.10 Å². The molecule has 1 aliphatic heterocycles. The molecule has 9 nitrogen and oxygen atoms in total. The predicted molar refractivity (Wildman–Crippen MR) is 225 cm³/mol. The number of ether oxygens (including phenoxy) is 7. The van der Waals surface area contributed by atoms with E-state index in [4.69, 9.17) is 33.2 Å². The molecule has 2 aliphatic carbocycles. The van der Waals surface area contributed by atoms with E-state index < -0.39 is 65.0 Å². The van der Waals surface area contributed by atoms with Gasteiger partial charge in [-0.1, -0.05) is 166 Å². The SMILES string of the molecule is CC1(C)[C@@]2(C)CC[C@]1(C(=O)OC1[C@H](OCc3ccccc3)[C@H](OCc3ccccc3)C(OCc3ccccc3)[C@H](OCc3ccccc3)[C@H]1OCc1ccccc1)OC2=O. The lowest BCUT2D eigenvalue weighted by Gasteiger charge is -2.50. The summed E-state index contributed by atoms with van der Waals surface area (Å²) in [5.41, 5.74) is 1.50. The normalized spacial score (nSPS) is 27.9. The summed E-state index contributed by atoms with van der Waals surface area (Å²) in [6, 6.07) is 49.4. The van der Waals surface area contributed by atoms with Crippen molar-refractivity contribution in [3.63, 3.8) is 0 Å². The van der Waals surface area contributed by atoms with Crippen LogP contribution in [0.15, 0.2) is 152 Å². The van der Waals surface area contributed by atoms with Gasteiger partial charge in [0.2, 0.25) is 5.60 Å². The van der Waals surface area contributed by atoms with Gasteiger partial charge in [-0.15, -0.1) is 0 Å². The van der Waals surface area contributed by atoms with Crippen LogP contribution in [0, 0.1) is 10.8 Å². The molecule has 60 heavy (non-hydrogen) atoms. The minimum Gasteiger partial charge on any atom is -0.454 e. The highest BCUT2D eigenvalue weighted by Gasteiger charge is 2.77. The molecule has 3 fully saturated rings. The maximum Gasteiger partial charge on any atom is 0.351 e. The highest BCUT2D eigenvalue weighted by Crippen LogP contribution is 2.66. The molecule has 0 aromatic heterocycles. The molecule has 2 saturated carbocycles. The van der Waals surface area contributed by atoms with Crippen LogP contribution in [0.3, 0.4) is 0 Å². The van der Waals surface area contributed by atoms with Crippen molar-refractivity contribution in [1.82, 2.24) is 0 Å².